The van der Waals surface area contributed by atoms with Gasteiger partial charge in [-0.05, 0) is 84.7 Å². The molecule has 0 spiro atoms. The molecule has 1 N–H and O–H groups in total. The van der Waals surface area contributed by atoms with Crippen molar-refractivity contribution in [2.24, 2.45) is 40.4 Å². The van der Waals surface area contributed by atoms with Crippen LogP contribution in [0.15, 0.2) is 47.1 Å². The normalized spacial score (nSPS) is 41.2. The Kier molecular flexibility index (Phi) is 5.52. The number of hydrogen-bond acceptors (Lipinski definition) is 1. The van der Waals surface area contributed by atoms with E-state index in [1.54, 1.807) is 11.1 Å². The zero-order valence-electron chi connectivity index (χ0n) is 19.5. The largest absolute Gasteiger partial charge is 0.393 e. The van der Waals surface area contributed by atoms with Crippen LogP contribution in [0, 0.1) is 40.4 Å². The van der Waals surface area contributed by atoms with Gasteiger partial charge in [0.2, 0.25) is 0 Å². The van der Waals surface area contributed by atoms with Gasteiger partial charge in [-0.1, -0.05) is 77.5 Å². The fourth-order valence-corrected chi connectivity index (χ4v) is 6.96. The third-order valence-corrected chi connectivity index (χ3v) is 9.45. The molecule has 4 aliphatic rings. The molecule has 4 rings (SSSR count). The van der Waals surface area contributed by atoms with E-state index in [1.165, 1.54) is 24.8 Å². The molecule has 2 saturated carbocycles. The van der Waals surface area contributed by atoms with E-state index >= 15 is 0 Å². The van der Waals surface area contributed by atoms with Crippen molar-refractivity contribution in [3.63, 3.8) is 0 Å². The highest BCUT2D eigenvalue weighted by atomic mass is 16.3. The first-order valence-corrected chi connectivity index (χ1v) is 12.2. The predicted octanol–water partition coefficient (Wildman–Crippen LogP) is 7.25. The van der Waals surface area contributed by atoms with Crippen LogP contribution in [0.1, 0.15) is 80.1 Å². The molecule has 0 aromatic rings. The summed E-state index contributed by atoms with van der Waals surface area (Å²) in [6, 6.07) is 0. The van der Waals surface area contributed by atoms with Gasteiger partial charge in [0.05, 0.1) is 6.10 Å². The van der Waals surface area contributed by atoms with Gasteiger partial charge in [0, 0.05) is 5.41 Å². The Bertz CT molecular complexity index is 765. The van der Waals surface area contributed by atoms with Crippen molar-refractivity contribution in [1.29, 1.82) is 0 Å². The summed E-state index contributed by atoms with van der Waals surface area (Å²) in [7, 11) is 0. The van der Waals surface area contributed by atoms with Crippen LogP contribution in [-0.2, 0) is 0 Å². The van der Waals surface area contributed by atoms with E-state index in [-0.39, 0.29) is 11.5 Å². The third-order valence-electron chi connectivity index (χ3n) is 9.45. The van der Waals surface area contributed by atoms with Crippen LogP contribution >= 0.6 is 0 Å². The molecule has 160 valence electrons. The SMILES string of the molecule is CC(C)C(C)C=CC(C)C1CCC2C3=CC=C4CC(O)CCC4(C)C3=CCC21C. The lowest BCUT2D eigenvalue weighted by atomic mass is 9.54. The number of aliphatic hydroxyl groups excluding tert-OH is 1. The van der Waals surface area contributed by atoms with E-state index in [0.717, 1.165) is 25.2 Å². The molecule has 0 heterocycles. The Hall–Kier alpha value is -1.08. The Labute approximate surface area is 179 Å². The summed E-state index contributed by atoms with van der Waals surface area (Å²) >= 11 is 0. The summed E-state index contributed by atoms with van der Waals surface area (Å²) in [6.45, 7) is 14.5. The van der Waals surface area contributed by atoms with Crippen LogP contribution < -0.4 is 0 Å². The highest BCUT2D eigenvalue weighted by Gasteiger charge is 2.53. The minimum atomic E-state index is -0.143. The van der Waals surface area contributed by atoms with Crippen molar-refractivity contribution in [2.45, 2.75) is 86.2 Å². The molecule has 7 atom stereocenters. The highest BCUT2D eigenvalue weighted by molar-refractivity contribution is 5.53. The maximum Gasteiger partial charge on any atom is 0.0578 e. The quantitative estimate of drug-likeness (QED) is 0.498. The Balaban J connectivity index is 1.60. The first kappa shape index (κ1) is 21.2. The van der Waals surface area contributed by atoms with Crippen LogP contribution in [0.4, 0.5) is 0 Å². The first-order chi connectivity index (χ1) is 13.7. The lowest BCUT2D eigenvalue weighted by Crippen LogP contribution is -2.41. The van der Waals surface area contributed by atoms with E-state index in [0.29, 0.717) is 29.1 Å². The van der Waals surface area contributed by atoms with Gasteiger partial charge >= 0.3 is 0 Å². The number of hydrogen-bond donors (Lipinski definition) is 1. The maximum absolute atomic E-state index is 10.2. The minimum Gasteiger partial charge on any atom is -0.393 e. The van der Waals surface area contributed by atoms with E-state index in [4.69, 9.17) is 0 Å². The molecule has 0 amide bonds. The summed E-state index contributed by atoms with van der Waals surface area (Å²) < 4.78 is 0. The number of rotatable bonds is 4. The maximum atomic E-state index is 10.2. The van der Waals surface area contributed by atoms with Crippen LogP contribution in [0.3, 0.4) is 0 Å². The molecule has 1 nitrogen and oxygen atoms in total. The van der Waals surface area contributed by atoms with Crippen molar-refractivity contribution in [1.82, 2.24) is 0 Å². The van der Waals surface area contributed by atoms with E-state index in [9.17, 15) is 5.11 Å². The van der Waals surface area contributed by atoms with Crippen LogP contribution in [-0.4, -0.2) is 11.2 Å². The summed E-state index contributed by atoms with van der Waals surface area (Å²) in [5.74, 6) is 3.50. The first-order valence-electron chi connectivity index (χ1n) is 12.2. The molecule has 0 aromatic carbocycles. The van der Waals surface area contributed by atoms with Crippen molar-refractivity contribution < 1.29 is 5.11 Å². The summed E-state index contributed by atoms with van der Waals surface area (Å²) in [5.41, 5.74) is 5.26. The molecule has 0 saturated heterocycles. The monoisotopic (exact) mass is 394 g/mol. The van der Waals surface area contributed by atoms with Gasteiger partial charge in [-0.25, -0.2) is 0 Å². The van der Waals surface area contributed by atoms with Crippen LogP contribution in [0.2, 0.25) is 0 Å². The molecule has 4 aliphatic carbocycles. The second-order valence-corrected chi connectivity index (χ2v) is 11.5. The molecule has 7 unspecified atom stereocenters. The molecule has 0 bridgehead atoms. The molecule has 2 fully saturated rings. The molecular formula is C28H42O. The zero-order valence-corrected chi connectivity index (χ0v) is 19.5. The van der Waals surface area contributed by atoms with Gasteiger partial charge < -0.3 is 5.11 Å². The topological polar surface area (TPSA) is 20.2 Å². The number of fused-ring (bicyclic) bond motifs is 5. The van der Waals surface area contributed by atoms with Gasteiger partial charge in [-0.2, -0.15) is 0 Å². The fourth-order valence-electron chi connectivity index (χ4n) is 6.96. The predicted molar refractivity (Wildman–Crippen MR) is 123 cm³/mol. The van der Waals surface area contributed by atoms with Crippen molar-refractivity contribution in [3.8, 4) is 0 Å². The summed E-state index contributed by atoms with van der Waals surface area (Å²) in [6.07, 6.45) is 19.1. The Morgan fingerprint density at radius 2 is 1.79 bits per heavy atom. The van der Waals surface area contributed by atoms with Crippen molar-refractivity contribution in [3.05, 3.63) is 47.1 Å². The Morgan fingerprint density at radius 3 is 2.52 bits per heavy atom. The van der Waals surface area contributed by atoms with Gasteiger partial charge in [-0.15, -0.1) is 0 Å². The van der Waals surface area contributed by atoms with Crippen LogP contribution in [0.5, 0.6) is 0 Å². The van der Waals surface area contributed by atoms with E-state index in [1.807, 2.05) is 0 Å². The van der Waals surface area contributed by atoms with Crippen molar-refractivity contribution in [2.75, 3.05) is 0 Å². The number of allylic oxidation sites excluding steroid dienone is 7. The summed E-state index contributed by atoms with van der Waals surface area (Å²) in [5, 5.41) is 10.2. The lowest BCUT2D eigenvalue weighted by Gasteiger charge is -2.50. The number of aliphatic hydroxyl groups is 1. The third kappa shape index (κ3) is 3.42. The molecule has 1 heteroatoms. The average molecular weight is 395 g/mol. The average Bonchev–Trinajstić information content (AvgIpc) is 3.03. The second-order valence-electron chi connectivity index (χ2n) is 11.5. The lowest BCUT2D eigenvalue weighted by molar-refractivity contribution is 0.113. The van der Waals surface area contributed by atoms with Gasteiger partial charge in [0.1, 0.15) is 0 Å². The standard InChI is InChI=1S/C28H42O/c1-18(2)19(3)7-8-20(4)24-11-12-25-23-10-9-21-17-22(29)13-15-27(21,5)26(23)14-16-28(24,25)6/h7-10,14,18-20,22,24-25,29H,11-13,15-17H2,1-6H3. The highest BCUT2D eigenvalue weighted by Crippen LogP contribution is 2.63. The van der Waals surface area contributed by atoms with Crippen LogP contribution in [0.25, 0.3) is 0 Å². The van der Waals surface area contributed by atoms with Gasteiger partial charge in [0.15, 0.2) is 0 Å². The second kappa shape index (κ2) is 7.56. The fraction of sp³-hybridized carbons (Fsp3) is 0.714. The van der Waals surface area contributed by atoms with Gasteiger partial charge in [0.25, 0.3) is 0 Å². The molecule has 0 aromatic heterocycles. The minimum absolute atomic E-state index is 0.143. The molecule has 29 heavy (non-hydrogen) atoms. The zero-order chi connectivity index (χ0) is 21.0. The van der Waals surface area contributed by atoms with E-state index < -0.39 is 0 Å². The summed E-state index contributed by atoms with van der Waals surface area (Å²) in [4.78, 5) is 0. The molecule has 0 aliphatic heterocycles. The smallest absolute Gasteiger partial charge is 0.0578 e. The van der Waals surface area contributed by atoms with Crippen molar-refractivity contribution >= 4 is 0 Å². The molecule has 0 radical (unpaired) electrons. The Morgan fingerprint density at radius 1 is 1.03 bits per heavy atom. The van der Waals surface area contributed by atoms with Gasteiger partial charge in [-0.3, -0.25) is 0 Å². The molecular weight excluding hydrogens is 352 g/mol. The van der Waals surface area contributed by atoms with E-state index in [2.05, 4.69) is 71.9 Å².